The van der Waals surface area contributed by atoms with Gasteiger partial charge in [-0.15, -0.1) is 0 Å². The van der Waals surface area contributed by atoms with Gasteiger partial charge < -0.3 is 24.6 Å². The molecule has 3 heterocycles. The van der Waals surface area contributed by atoms with E-state index < -0.39 is 15.6 Å². The number of nitrogens with zero attached hydrogens (tertiary/aromatic N) is 3. The first-order chi connectivity index (χ1) is 20.2. The summed E-state index contributed by atoms with van der Waals surface area (Å²) in [5.41, 5.74) is 0.669. The molecule has 2 amide bonds. The second-order valence-electron chi connectivity index (χ2n) is 10.4. The third-order valence-electron chi connectivity index (χ3n) is 7.90. The number of carbonyl (C=O) groups excluding carboxylic acids is 2. The van der Waals surface area contributed by atoms with Crippen LogP contribution in [0.5, 0.6) is 11.5 Å². The van der Waals surface area contributed by atoms with Gasteiger partial charge in [-0.05, 0) is 60.9 Å². The van der Waals surface area contributed by atoms with E-state index in [2.05, 4.69) is 5.32 Å². The van der Waals surface area contributed by atoms with Crippen LogP contribution in [0.1, 0.15) is 18.4 Å². The van der Waals surface area contributed by atoms with E-state index in [9.17, 15) is 18.0 Å². The third-order valence-corrected chi connectivity index (χ3v) is 10.5. The number of ether oxygens (including phenoxy) is 2. The minimum absolute atomic E-state index is 0.0639. The van der Waals surface area contributed by atoms with E-state index in [4.69, 9.17) is 32.7 Å². The van der Waals surface area contributed by atoms with Gasteiger partial charge in [-0.1, -0.05) is 47.5 Å². The van der Waals surface area contributed by atoms with Crippen LogP contribution in [0.4, 0.5) is 5.69 Å². The van der Waals surface area contributed by atoms with Crippen LogP contribution in [0, 0.1) is 0 Å². The molecule has 3 aromatic carbocycles. The van der Waals surface area contributed by atoms with Crippen molar-refractivity contribution in [2.45, 2.75) is 29.8 Å². The maximum absolute atomic E-state index is 14.0. The van der Waals surface area contributed by atoms with Crippen molar-refractivity contribution in [1.82, 2.24) is 14.5 Å². The van der Waals surface area contributed by atoms with Gasteiger partial charge in [0.05, 0.1) is 11.7 Å². The van der Waals surface area contributed by atoms with Crippen LogP contribution in [0.3, 0.4) is 0 Å². The van der Waals surface area contributed by atoms with Gasteiger partial charge >= 0.3 is 0 Å². The lowest BCUT2D eigenvalue weighted by Gasteiger charge is -2.42. The van der Waals surface area contributed by atoms with Crippen molar-refractivity contribution in [2.24, 2.45) is 0 Å². The molecule has 0 aromatic heterocycles. The number of para-hydroxylation sites is 1. The molecule has 3 aromatic rings. The maximum Gasteiger partial charge on any atom is 0.250 e. The fourth-order valence-corrected chi connectivity index (χ4v) is 7.89. The highest BCUT2D eigenvalue weighted by Crippen LogP contribution is 2.41. The number of anilines is 1. The minimum atomic E-state index is -3.94. The summed E-state index contributed by atoms with van der Waals surface area (Å²) in [5, 5.41) is 3.23. The van der Waals surface area contributed by atoms with Crippen LogP contribution < -0.4 is 19.7 Å². The number of sulfonamides is 1. The van der Waals surface area contributed by atoms with Gasteiger partial charge in [0.15, 0.2) is 11.5 Å². The summed E-state index contributed by atoms with van der Waals surface area (Å²) in [6, 6.07) is 19.3. The predicted octanol–water partition coefficient (Wildman–Crippen LogP) is 3.87. The number of benzene rings is 3. The lowest BCUT2D eigenvalue weighted by Crippen LogP contribution is -2.57. The highest BCUT2D eigenvalue weighted by atomic mass is 35.5. The van der Waals surface area contributed by atoms with Gasteiger partial charge in [-0.2, -0.15) is 4.31 Å². The van der Waals surface area contributed by atoms with E-state index in [1.165, 1.54) is 27.4 Å². The van der Waals surface area contributed by atoms with Crippen molar-refractivity contribution >= 4 is 50.7 Å². The second kappa shape index (κ2) is 11.3. The zero-order chi connectivity index (χ0) is 29.5. The zero-order valence-electron chi connectivity index (χ0n) is 22.5. The largest absolute Gasteiger partial charge is 0.454 e. The summed E-state index contributed by atoms with van der Waals surface area (Å²) in [5.74, 6) is 0.778. The smallest absolute Gasteiger partial charge is 0.250 e. The van der Waals surface area contributed by atoms with E-state index in [-0.39, 0.29) is 79.2 Å². The molecule has 0 radical (unpaired) electrons. The van der Waals surface area contributed by atoms with Gasteiger partial charge in [0.1, 0.15) is 17.0 Å². The van der Waals surface area contributed by atoms with Gasteiger partial charge in [-0.25, -0.2) is 8.42 Å². The maximum atomic E-state index is 14.0. The van der Waals surface area contributed by atoms with Crippen molar-refractivity contribution in [3.05, 3.63) is 82.3 Å². The molecule has 10 nitrogen and oxygen atoms in total. The van der Waals surface area contributed by atoms with Crippen molar-refractivity contribution in [3.8, 4) is 11.5 Å². The number of hydrogen-bond acceptors (Lipinski definition) is 7. The van der Waals surface area contributed by atoms with Crippen LogP contribution >= 0.6 is 23.2 Å². The van der Waals surface area contributed by atoms with Gasteiger partial charge in [0.25, 0.3) is 0 Å². The van der Waals surface area contributed by atoms with Gasteiger partial charge in [-0.3, -0.25) is 9.59 Å². The fraction of sp³-hybridized carbons (Fsp3) is 0.310. The molecular formula is C29H28Cl2N4O6S. The summed E-state index contributed by atoms with van der Waals surface area (Å²) in [4.78, 5) is 30.4. The highest BCUT2D eigenvalue weighted by Gasteiger charge is 2.55. The fourth-order valence-electron chi connectivity index (χ4n) is 5.71. The number of hydrogen-bond donors (Lipinski definition) is 1. The summed E-state index contributed by atoms with van der Waals surface area (Å²) in [6.07, 6.45) is 0.487. The van der Waals surface area contributed by atoms with Crippen molar-refractivity contribution in [2.75, 3.05) is 38.0 Å². The minimum Gasteiger partial charge on any atom is -0.454 e. The molecule has 2 saturated heterocycles. The molecule has 0 unspecified atom stereocenters. The molecule has 13 heteroatoms. The Labute approximate surface area is 253 Å². The Hall–Kier alpha value is -3.51. The van der Waals surface area contributed by atoms with Crippen LogP contribution in [0.2, 0.25) is 10.0 Å². The third kappa shape index (κ3) is 5.26. The number of piperidine rings is 1. The van der Waals surface area contributed by atoms with Gasteiger partial charge in [0, 0.05) is 30.3 Å². The normalized spacial score (nSPS) is 18.1. The average Bonchev–Trinajstić information content (AvgIpc) is 3.56. The van der Waals surface area contributed by atoms with Crippen molar-refractivity contribution in [1.29, 1.82) is 0 Å². The molecule has 1 spiro atoms. The molecule has 0 bridgehead atoms. The van der Waals surface area contributed by atoms with E-state index in [1.54, 1.807) is 6.07 Å². The Balaban J connectivity index is 1.18. The predicted molar refractivity (Wildman–Crippen MR) is 157 cm³/mol. The number of halogens is 2. The first kappa shape index (κ1) is 28.6. The molecule has 0 aliphatic carbocycles. The molecule has 1 N–H and O–H groups in total. The first-order valence-corrected chi connectivity index (χ1v) is 15.6. The van der Waals surface area contributed by atoms with E-state index in [1.807, 2.05) is 47.4 Å². The quantitative estimate of drug-likeness (QED) is 0.422. The van der Waals surface area contributed by atoms with E-state index in [0.29, 0.717) is 11.5 Å². The lowest BCUT2D eigenvalue weighted by atomic mass is 9.86. The molecule has 0 atom stereocenters. The molecule has 3 aliphatic rings. The zero-order valence-corrected chi connectivity index (χ0v) is 24.8. The molecule has 2 fully saturated rings. The first-order valence-electron chi connectivity index (χ1n) is 13.4. The standard InChI is InChI=1S/C29H28Cl2N4O6S/c30-21-7-8-23(31)26(15-21)42(38,39)34-12-10-29(11-13-34)28(37)33(18-35(29)22-4-2-1-3-5-22)17-27(36)32-16-20-6-9-24-25(14-20)41-19-40-24/h1-9,14-15H,10-13,16-19H2,(H,32,36). The molecule has 0 saturated carbocycles. The number of amides is 2. The van der Waals surface area contributed by atoms with Crippen molar-refractivity contribution < 1.29 is 27.5 Å². The summed E-state index contributed by atoms with van der Waals surface area (Å²) in [6.45, 7) is 0.709. The molecule has 42 heavy (non-hydrogen) atoms. The Bertz CT molecular complexity index is 1630. The summed E-state index contributed by atoms with van der Waals surface area (Å²) >= 11 is 12.3. The van der Waals surface area contributed by atoms with E-state index >= 15 is 0 Å². The Morgan fingerprint density at radius 2 is 1.69 bits per heavy atom. The van der Waals surface area contributed by atoms with Crippen LogP contribution in [0.15, 0.2) is 71.6 Å². The number of carbonyl (C=O) groups is 2. The Kier molecular flexibility index (Phi) is 7.69. The molecule has 6 rings (SSSR count). The SMILES string of the molecule is O=C(CN1CN(c2ccccc2)C2(CCN(S(=O)(=O)c3cc(Cl)ccc3Cl)CC2)C1=O)NCc1ccc2c(c1)OCO2. The second-order valence-corrected chi connectivity index (χ2v) is 13.1. The summed E-state index contributed by atoms with van der Waals surface area (Å²) < 4.78 is 39.0. The monoisotopic (exact) mass is 630 g/mol. The van der Waals surface area contributed by atoms with Crippen molar-refractivity contribution in [3.63, 3.8) is 0 Å². The van der Waals surface area contributed by atoms with Crippen LogP contribution in [-0.4, -0.2) is 68.1 Å². The average molecular weight is 632 g/mol. The highest BCUT2D eigenvalue weighted by molar-refractivity contribution is 7.89. The van der Waals surface area contributed by atoms with Crippen LogP contribution in [-0.2, 0) is 26.2 Å². The lowest BCUT2D eigenvalue weighted by molar-refractivity contribution is -0.137. The molecule has 3 aliphatic heterocycles. The number of rotatable bonds is 7. The topological polar surface area (TPSA) is 108 Å². The van der Waals surface area contributed by atoms with E-state index in [0.717, 1.165) is 11.3 Å². The number of nitrogens with one attached hydrogen (secondary N) is 1. The Morgan fingerprint density at radius 1 is 0.952 bits per heavy atom. The number of fused-ring (bicyclic) bond motifs is 1. The van der Waals surface area contributed by atoms with Gasteiger partial charge in [0.2, 0.25) is 28.6 Å². The summed E-state index contributed by atoms with van der Waals surface area (Å²) in [7, 11) is -3.94. The van der Waals surface area contributed by atoms with Crippen LogP contribution in [0.25, 0.3) is 0 Å². The Morgan fingerprint density at radius 3 is 2.45 bits per heavy atom. The molecule has 220 valence electrons. The molecular weight excluding hydrogens is 603 g/mol.